The van der Waals surface area contributed by atoms with E-state index in [-0.39, 0.29) is 45.1 Å². The maximum atomic E-state index is 11.3. The van der Waals surface area contributed by atoms with E-state index in [1.807, 2.05) is 0 Å². The fourth-order valence-corrected chi connectivity index (χ4v) is 7.86. The topological polar surface area (TPSA) is 80.3 Å². The first-order chi connectivity index (χ1) is 17.7. The summed E-state index contributed by atoms with van der Waals surface area (Å²) >= 11 is 0.104. The Bertz CT molecular complexity index is 521. The number of carboxylic acids is 2. The second-order valence-electron chi connectivity index (χ2n) is 11.4. The molecule has 0 unspecified atom stereocenters. The Morgan fingerprint density at radius 1 is 0.541 bits per heavy atom. The van der Waals surface area contributed by atoms with E-state index in [0.717, 1.165) is 38.5 Å². The number of hydrogen-bond acceptors (Lipinski definition) is 4. The van der Waals surface area contributed by atoms with Crippen LogP contribution in [-0.2, 0) is 9.59 Å². The third-order valence-electron chi connectivity index (χ3n) is 6.69. The fourth-order valence-electron chi connectivity index (χ4n) is 4.29. The third kappa shape index (κ3) is 28.3. The molecule has 0 heterocycles. The second kappa shape index (κ2) is 28.5. The van der Waals surface area contributed by atoms with Crippen molar-refractivity contribution in [1.82, 2.24) is 0 Å². The summed E-state index contributed by atoms with van der Waals surface area (Å²) in [6.07, 6.45) is 19.8. The Hall–Kier alpha value is -0.521. The summed E-state index contributed by atoms with van der Waals surface area (Å²) in [4.78, 5) is 22.7. The van der Waals surface area contributed by atoms with Crippen LogP contribution in [0.15, 0.2) is 11.1 Å². The molecule has 0 aromatic rings. The van der Waals surface area contributed by atoms with Gasteiger partial charge < -0.3 is 19.8 Å². The molecule has 0 spiro atoms. The number of hydrogen-bond donors (Lipinski definition) is 0. The molecule has 0 bridgehead atoms. The number of aliphatic carboxylic acids is 2. The quantitative estimate of drug-likeness (QED) is 0.0625. The van der Waals surface area contributed by atoms with Gasteiger partial charge in [0.1, 0.15) is 0 Å². The van der Waals surface area contributed by atoms with Gasteiger partial charge in [-0.15, -0.1) is 0 Å². The summed E-state index contributed by atoms with van der Waals surface area (Å²) in [6.45, 7) is 13.2. The zero-order valence-corrected chi connectivity index (χ0v) is 28.3. The molecule has 0 atom stereocenters. The van der Waals surface area contributed by atoms with Crippen molar-refractivity contribution < 1.29 is 19.8 Å². The van der Waals surface area contributed by atoms with Gasteiger partial charge in [-0.25, -0.2) is 0 Å². The molecule has 0 amide bonds. The van der Waals surface area contributed by atoms with Crippen LogP contribution in [-0.4, -0.2) is 33.1 Å². The van der Waals surface area contributed by atoms with Gasteiger partial charge in [0.15, 0.2) is 0 Å². The number of carbonyl (C=O) groups is 2. The fraction of sp³-hybridized carbons (Fsp3) is 0.875. The number of rotatable bonds is 24. The van der Waals surface area contributed by atoms with Gasteiger partial charge >= 0.3 is 95.2 Å². The first-order valence-electron chi connectivity index (χ1n) is 15.5. The van der Waals surface area contributed by atoms with Gasteiger partial charge in [0.2, 0.25) is 0 Å². The molecule has 5 heteroatoms. The van der Waals surface area contributed by atoms with E-state index >= 15 is 0 Å². The predicted octanol–water partition coefficient (Wildman–Crippen LogP) is 7.68. The molecule has 216 valence electrons. The van der Waals surface area contributed by atoms with Crippen LogP contribution < -0.4 is 10.2 Å². The van der Waals surface area contributed by atoms with Crippen molar-refractivity contribution in [1.29, 1.82) is 0 Å². The van der Waals surface area contributed by atoms with E-state index in [2.05, 4.69) is 41.5 Å². The van der Waals surface area contributed by atoms with E-state index in [9.17, 15) is 19.8 Å². The molecule has 0 aromatic carbocycles. The van der Waals surface area contributed by atoms with Gasteiger partial charge in [0, 0.05) is 0 Å². The molecule has 0 N–H and O–H groups in total. The Labute approximate surface area is 241 Å². The van der Waals surface area contributed by atoms with Crippen molar-refractivity contribution in [3.05, 3.63) is 11.1 Å². The Kier molecular flexibility index (Phi) is 29.7. The summed E-state index contributed by atoms with van der Waals surface area (Å²) < 4.78 is 3.30. The molecule has 0 aliphatic carbocycles. The van der Waals surface area contributed by atoms with Crippen molar-refractivity contribution >= 4 is 33.1 Å². The Morgan fingerprint density at radius 3 is 1.19 bits per heavy atom. The van der Waals surface area contributed by atoms with Crippen LogP contribution in [0.1, 0.15) is 157 Å². The van der Waals surface area contributed by atoms with Crippen LogP contribution in [0.5, 0.6) is 0 Å². The zero-order valence-electron chi connectivity index (χ0n) is 25.4. The molecule has 0 saturated heterocycles. The van der Waals surface area contributed by atoms with Crippen molar-refractivity contribution in [2.24, 2.45) is 11.8 Å². The van der Waals surface area contributed by atoms with Crippen LogP contribution in [0.3, 0.4) is 0 Å². The second-order valence-corrected chi connectivity index (χ2v) is 15.7. The maximum absolute atomic E-state index is 11.3. The van der Waals surface area contributed by atoms with Crippen LogP contribution in [0.25, 0.3) is 0 Å². The number of carboxylic acid groups (broad SMARTS) is 2. The molecule has 0 aromatic heterocycles. The average molecular weight is 628 g/mol. The molecule has 0 aliphatic heterocycles. The van der Waals surface area contributed by atoms with Crippen molar-refractivity contribution in [2.75, 3.05) is 0 Å². The first-order valence-corrected chi connectivity index (χ1v) is 19.6. The minimum absolute atomic E-state index is 0.0663. The van der Waals surface area contributed by atoms with Gasteiger partial charge in [0.05, 0.1) is 11.9 Å². The first kappa shape index (κ1) is 38.6. The molecule has 0 rings (SSSR count). The van der Waals surface area contributed by atoms with E-state index in [0.29, 0.717) is 24.7 Å². The number of carbonyl (C=O) groups excluding carboxylic acids is 2. The number of unbranched alkanes of at least 4 members (excludes halogenated alkanes) is 10. The Balaban J connectivity index is 0. The van der Waals surface area contributed by atoms with E-state index < -0.39 is 11.9 Å². The van der Waals surface area contributed by atoms with E-state index in [4.69, 9.17) is 0 Å². The summed E-state index contributed by atoms with van der Waals surface area (Å²) in [7, 11) is 0. The zero-order chi connectivity index (χ0) is 28.3. The monoisotopic (exact) mass is 628 g/mol. The van der Waals surface area contributed by atoms with E-state index in [1.54, 1.807) is 21.7 Å². The summed E-state index contributed by atoms with van der Waals surface area (Å²) in [5.74, 6) is -1.46. The summed E-state index contributed by atoms with van der Waals surface area (Å²) in [6, 6.07) is 0. The third-order valence-corrected chi connectivity index (χ3v) is 10.7. The molecule has 0 fully saturated rings. The van der Waals surface area contributed by atoms with Gasteiger partial charge in [-0.2, -0.15) is 0 Å². The van der Waals surface area contributed by atoms with Gasteiger partial charge in [0.25, 0.3) is 0 Å². The predicted molar refractivity (Wildman–Crippen MR) is 157 cm³/mol. The summed E-state index contributed by atoms with van der Waals surface area (Å²) in [5, 5.41) is 22.7. The van der Waals surface area contributed by atoms with Crippen molar-refractivity contribution in [3.63, 3.8) is 0 Å². The van der Waals surface area contributed by atoms with Crippen LogP contribution in [0.4, 0.5) is 0 Å². The van der Waals surface area contributed by atoms with Gasteiger partial charge in [-0.1, -0.05) is 66.2 Å². The van der Waals surface area contributed by atoms with Gasteiger partial charge in [-0.05, 0) is 48.7 Å². The van der Waals surface area contributed by atoms with Gasteiger partial charge in [-0.3, -0.25) is 0 Å². The van der Waals surface area contributed by atoms with Crippen molar-refractivity contribution in [2.45, 2.75) is 166 Å². The molecule has 4 nitrogen and oxygen atoms in total. The standard InChI is InChI=1S/C20H36O4.2C6H13.Sn/c1-15(2)11-7-5-9-13-17(19(21)22)18(20(23)24)14-10-6-8-12-16(3)4;2*1-3-5-6-4-2;/h15-16H,5-14H2,1-4H3,(H,21,22)(H,23,24);2*1,3-6H2,2H3;/q;;;+2/p-2. The van der Waals surface area contributed by atoms with Crippen molar-refractivity contribution in [3.8, 4) is 0 Å². The summed E-state index contributed by atoms with van der Waals surface area (Å²) in [5.41, 5.74) is -0.133. The molecule has 0 saturated carbocycles. The van der Waals surface area contributed by atoms with Crippen LogP contribution >= 0.6 is 0 Å². The molecule has 0 aliphatic rings. The SMILES string of the molecule is CC(C)CCCCCC(C(=O)[O-])=C(CCCCCC(C)C)C(=O)[O-].CCCCC[CH2][Sn+2][CH2]CCCCC. The van der Waals surface area contributed by atoms with Crippen LogP contribution in [0.2, 0.25) is 8.87 Å². The average Bonchev–Trinajstić information content (AvgIpc) is 2.83. The van der Waals surface area contributed by atoms with E-state index in [1.165, 1.54) is 38.5 Å². The Morgan fingerprint density at radius 2 is 0.892 bits per heavy atom. The minimum atomic E-state index is -1.36. The molecular weight excluding hydrogens is 567 g/mol. The molecule has 0 radical (unpaired) electrons. The molecule has 37 heavy (non-hydrogen) atoms. The van der Waals surface area contributed by atoms with Crippen LogP contribution in [0, 0.1) is 11.8 Å². The molecular formula is C32H60O4Sn. The normalized spacial score (nSPS) is 11.7.